The molecule has 1 atom stereocenters. The summed E-state index contributed by atoms with van der Waals surface area (Å²) in [5, 5.41) is -0.497. The molecule has 26 heavy (non-hydrogen) atoms. The van der Waals surface area contributed by atoms with Gasteiger partial charge in [0.25, 0.3) is 5.56 Å². The molecule has 0 aliphatic heterocycles. The molecule has 138 valence electrons. The normalized spacial score (nSPS) is 12.5. The number of fused-ring (bicyclic) bond motifs is 1. The first-order chi connectivity index (χ1) is 11.8. The molecule has 9 heteroatoms. The fourth-order valence-electron chi connectivity index (χ4n) is 2.54. The van der Waals surface area contributed by atoms with Crippen LogP contribution in [-0.4, -0.2) is 9.66 Å². The number of aromatic nitrogens is 2. The van der Waals surface area contributed by atoms with Crippen LogP contribution in [0.15, 0.2) is 53.3 Å². The second-order valence-electron chi connectivity index (χ2n) is 5.57. The van der Waals surface area contributed by atoms with Crippen LogP contribution in [-0.2, 0) is 6.18 Å². The summed E-state index contributed by atoms with van der Waals surface area (Å²) in [7, 11) is 0. The van der Waals surface area contributed by atoms with Crippen molar-refractivity contribution in [3.8, 4) is 0 Å². The van der Waals surface area contributed by atoms with Gasteiger partial charge in [-0.2, -0.15) is 13.2 Å². The van der Waals surface area contributed by atoms with Crippen molar-refractivity contribution in [2.45, 2.75) is 19.1 Å². The molecule has 1 aromatic heterocycles. The van der Waals surface area contributed by atoms with Crippen LogP contribution in [0.3, 0.4) is 0 Å². The van der Waals surface area contributed by atoms with Gasteiger partial charge in [-0.15, -0.1) is 12.4 Å². The summed E-state index contributed by atoms with van der Waals surface area (Å²) < 4.78 is 40.9. The second-order valence-corrected chi connectivity index (χ2v) is 5.57. The molecule has 0 radical (unpaired) electrons. The summed E-state index contributed by atoms with van der Waals surface area (Å²) in [4.78, 5) is 17.0. The van der Waals surface area contributed by atoms with Gasteiger partial charge >= 0.3 is 6.18 Å². The number of anilines is 1. The maximum atomic E-state index is 13.3. The van der Waals surface area contributed by atoms with E-state index in [0.717, 1.165) is 10.7 Å². The van der Waals surface area contributed by atoms with Crippen LogP contribution in [0.1, 0.15) is 24.4 Å². The average Bonchev–Trinajstić information content (AvgIpc) is 2.56. The molecular formula is C17H16ClF3N4O. The lowest BCUT2D eigenvalue weighted by molar-refractivity contribution is -0.136. The van der Waals surface area contributed by atoms with Crippen LogP contribution >= 0.6 is 12.4 Å². The van der Waals surface area contributed by atoms with E-state index < -0.39 is 28.7 Å². The molecule has 0 amide bonds. The third-order valence-electron chi connectivity index (χ3n) is 3.65. The lowest BCUT2D eigenvalue weighted by Crippen LogP contribution is -2.34. The molecule has 0 saturated carbocycles. The van der Waals surface area contributed by atoms with Gasteiger partial charge in [0, 0.05) is 0 Å². The molecule has 3 N–H and O–H groups in total. The zero-order valence-corrected chi connectivity index (χ0v) is 14.4. The number of hydrogen-bond acceptors (Lipinski definition) is 4. The summed E-state index contributed by atoms with van der Waals surface area (Å²) in [6.07, 6.45) is -4.67. The molecule has 3 rings (SSSR count). The van der Waals surface area contributed by atoms with Crippen molar-refractivity contribution in [1.29, 1.82) is 0 Å². The third kappa shape index (κ3) is 3.66. The Morgan fingerprint density at radius 3 is 2.35 bits per heavy atom. The van der Waals surface area contributed by atoms with E-state index in [1.54, 1.807) is 37.3 Å². The molecule has 5 nitrogen and oxygen atoms in total. The second kappa shape index (κ2) is 7.35. The highest BCUT2D eigenvalue weighted by Gasteiger charge is 2.34. The molecule has 1 heterocycles. The Balaban J connectivity index is 0.00000243. The van der Waals surface area contributed by atoms with Crippen LogP contribution in [0.2, 0.25) is 0 Å². The number of nitrogens with zero attached hydrogens (tertiary/aromatic N) is 2. The Bertz CT molecular complexity index is 971. The van der Waals surface area contributed by atoms with Gasteiger partial charge in [0.15, 0.2) is 0 Å². The fourth-order valence-corrected chi connectivity index (χ4v) is 2.54. The van der Waals surface area contributed by atoms with Crippen LogP contribution in [0.5, 0.6) is 0 Å². The van der Waals surface area contributed by atoms with Gasteiger partial charge in [0.2, 0.25) is 0 Å². The monoisotopic (exact) mass is 384 g/mol. The number of para-hydroxylation sites is 1. The summed E-state index contributed by atoms with van der Waals surface area (Å²) in [5.41, 5.74) is 7.26. The third-order valence-corrected chi connectivity index (χ3v) is 3.65. The van der Waals surface area contributed by atoms with Crippen molar-refractivity contribution in [2.24, 2.45) is 5.73 Å². The minimum absolute atomic E-state index is 0. The zero-order valence-electron chi connectivity index (χ0n) is 13.6. The molecule has 2 aromatic carbocycles. The molecule has 0 spiro atoms. The molecule has 0 unspecified atom stereocenters. The SMILES string of the molecule is C[C@H](N)c1nc2cccc(C(F)(F)F)c2c(=O)n1Nc1ccccc1.Cl. The van der Waals surface area contributed by atoms with Crippen molar-refractivity contribution in [3.05, 3.63) is 70.3 Å². The predicted molar refractivity (Wildman–Crippen MR) is 96.3 cm³/mol. The first-order valence-electron chi connectivity index (χ1n) is 7.49. The molecule has 0 bridgehead atoms. The number of rotatable bonds is 3. The van der Waals surface area contributed by atoms with E-state index in [9.17, 15) is 18.0 Å². The van der Waals surface area contributed by atoms with E-state index in [1.807, 2.05) is 0 Å². The van der Waals surface area contributed by atoms with Crippen LogP contribution in [0.4, 0.5) is 18.9 Å². The molecule has 3 aromatic rings. The van der Waals surface area contributed by atoms with Crippen molar-refractivity contribution in [3.63, 3.8) is 0 Å². The fraction of sp³-hybridized carbons (Fsp3) is 0.176. The van der Waals surface area contributed by atoms with E-state index >= 15 is 0 Å². The van der Waals surface area contributed by atoms with E-state index in [0.29, 0.717) is 5.69 Å². The van der Waals surface area contributed by atoms with E-state index in [1.165, 1.54) is 12.1 Å². The number of hydrogen-bond donors (Lipinski definition) is 2. The molecule has 0 saturated heterocycles. The van der Waals surface area contributed by atoms with Crippen molar-refractivity contribution in [1.82, 2.24) is 9.66 Å². The number of halogens is 4. The molecule has 0 aliphatic rings. The van der Waals surface area contributed by atoms with Crippen molar-refractivity contribution < 1.29 is 13.2 Å². The predicted octanol–water partition coefficient (Wildman–Crippen LogP) is 3.73. The topological polar surface area (TPSA) is 72.9 Å². The van der Waals surface area contributed by atoms with Gasteiger partial charge in [-0.1, -0.05) is 24.3 Å². The minimum Gasteiger partial charge on any atom is -0.322 e. The average molecular weight is 385 g/mol. The van der Waals surface area contributed by atoms with Gasteiger partial charge in [-0.25, -0.2) is 9.66 Å². The lowest BCUT2D eigenvalue weighted by atomic mass is 10.1. The Kier molecular flexibility index (Phi) is 5.58. The summed E-state index contributed by atoms with van der Waals surface area (Å²) in [5.74, 6) is 0.140. The highest BCUT2D eigenvalue weighted by Crippen LogP contribution is 2.33. The highest BCUT2D eigenvalue weighted by molar-refractivity contribution is 5.85. The minimum atomic E-state index is -4.67. The maximum absolute atomic E-state index is 13.3. The zero-order chi connectivity index (χ0) is 18.2. The number of alkyl halides is 3. The standard InChI is InChI=1S/C17H15F3N4O.ClH/c1-10(21)15-22-13-9-5-8-12(17(18,19)20)14(13)16(25)24(15)23-11-6-3-2-4-7-11;/h2-10,23H,21H2,1H3;1H/t10-;/m0./s1. The first-order valence-corrected chi connectivity index (χ1v) is 7.49. The van der Waals surface area contributed by atoms with Crippen LogP contribution < -0.4 is 16.7 Å². The maximum Gasteiger partial charge on any atom is 0.417 e. The summed E-state index contributed by atoms with van der Waals surface area (Å²) in [6.45, 7) is 1.60. The van der Waals surface area contributed by atoms with Gasteiger partial charge in [0.1, 0.15) is 5.82 Å². The quantitative estimate of drug-likeness (QED) is 0.721. The van der Waals surface area contributed by atoms with Gasteiger partial charge in [-0.05, 0) is 31.2 Å². The first kappa shape index (κ1) is 19.7. The van der Waals surface area contributed by atoms with Crippen LogP contribution in [0.25, 0.3) is 10.9 Å². The van der Waals surface area contributed by atoms with Crippen molar-refractivity contribution in [2.75, 3.05) is 5.43 Å². The largest absolute Gasteiger partial charge is 0.417 e. The Morgan fingerprint density at radius 2 is 1.77 bits per heavy atom. The summed E-state index contributed by atoms with van der Waals surface area (Å²) in [6, 6.07) is 11.4. The van der Waals surface area contributed by atoms with E-state index in [4.69, 9.17) is 5.73 Å². The molecular weight excluding hydrogens is 369 g/mol. The van der Waals surface area contributed by atoms with Gasteiger partial charge in [0.05, 0.1) is 28.2 Å². The Morgan fingerprint density at radius 1 is 1.12 bits per heavy atom. The smallest absolute Gasteiger partial charge is 0.322 e. The number of benzene rings is 2. The molecule has 0 aliphatic carbocycles. The Labute approximate surface area is 153 Å². The summed E-state index contributed by atoms with van der Waals surface area (Å²) >= 11 is 0. The van der Waals surface area contributed by atoms with Crippen molar-refractivity contribution >= 4 is 29.0 Å². The highest BCUT2D eigenvalue weighted by atomic mass is 35.5. The Hall–Kier alpha value is -2.58. The number of nitrogens with two attached hydrogens (primary N) is 1. The van der Waals surface area contributed by atoms with Gasteiger partial charge < -0.3 is 5.73 Å². The molecule has 0 fully saturated rings. The number of nitrogens with one attached hydrogen (secondary N) is 1. The lowest BCUT2D eigenvalue weighted by Gasteiger charge is -2.18. The van der Waals surface area contributed by atoms with Crippen LogP contribution in [0, 0.1) is 0 Å². The van der Waals surface area contributed by atoms with Gasteiger partial charge in [-0.3, -0.25) is 10.2 Å². The van der Waals surface area contributed by atoms with E-state index in [-0.39, 0.29) is 23.7 Å². The van der Waals surface area contributed by atoms with E-state index in [2.05, 4.69) is 10.4 Å².